The van der Waals surface area contributed by atoms with Crippen molar-refractivity contribution in [2.24, 2.45) is 0 Å². The van der Waals surface area contributed by atoms with Gasteiger partial charge in [-0.25, -0.2) is 0 Å². The van der Waals surface area contributed by atoms with Crippen LogP contribution in [0.15, 0.2) is 24.3 Å². The molecule has 1 heterocycles. The zero-order chi connectivity index (χ0) is 11.6. The van der Waals surface area contributed by atoms with Crippen LogP contribution in [0.1, 0.15) is 39.2 Å². The van der Waals surface area contributed by atoms with Crippen LogP contribution in [0.3, 0.4) is 0 Å². The third kappa shape index (κ3) is 2.38. The van der Waals surface area contributed by atoms with Gasteiger partial charge < -0.3 is 10.1 Å². The van der Waals surface area contributed by atoms with Gasteiger partial charge in [0.15, 0.2) is 0 Å². The molecule has 1 aromatic carbocycles. The van der Waals surface area contributed by atoms with Crippen LogP contribution in [-0.4, -0.2) is 12.6 Å². The number of hydrogen-bond donors (Lipinski definition) is 1. The van der Waals surface area contributed by atoms with E-state index in [-0.39, 0.29) is 11.6 Å². The van der Waals surface area contributed by atoms with Crippen molar-refractivity contribution in [1.29, 1.82) is 0 Å². The highest BCUT2D eigenvalue weighted by atomic mass is 16.5. The second kappa shape index (κ2) is 4.46. The molecule has 0 bridgehead atoms. The highest BCUT2D eigenvalue weighted by molar-refractivity contribution is 5.32. The van der Waals surface area contributed by atoms with Gasteiger partial charge in [-0.3, -0.25) is 0 Å². The Bertz CT molecular complexity index is 336. The minimum Gasteiger partial charge on any atom is -0.491 e. The molecule has 0 saturated carbocycles. The molecule has 2 heteroatoms. The van der Waals surface area contributed by atoms with Crippen molar-refractivity contribution in [1.82, 2.24) is 5.32 Å². The Morgan fingerprint density at radius 1 is 1.25 bits per heavy atom. The Balaban J connectivity index is 2.12. The van der Waals surface area contributed by atoms with Crippen LogP contribution < -0.4 is 10.1 Å². The quantitative estimate of drug-likeness (QED) is 0.843. The molecular weight excluding hydrogens is 198 g/mol. The summed E-state index contributed by atoms with van der Waals surface area (Å²) in [5.74, 6) is 0.959. The molecule has 0 aromatic heterocycles. The maximum atomic E-state index is 5.64. The summed E-state index contributed by atoms with van der Waals surface area (Å²) in [5, 5.41) is 3.57. The highest BCUT2D eigenvalue weighted by Crippen LogP contribution is 2.31. The van der Waals surface area contributed by atoms with E-state index in [2.05, 4.69) is 36.5 Å². The molecule has 88 valence electrons. The van der Waals surface area contributed by atoms with E-state index >= 15 is 0 Å². The molecule has 1 N–H and O–H groups in total. The van der Waals surface area contributed by atoms with Crippen molar-refractivity contribution in [3.05, 3.63) is 29.8 Å². The summed E-state index contributed by atoms with van der Waals surface area (Å²) < 4.78 is 5.64. The summed E-state index contributed by atoms with van der Waals surface area (Å²) >= 11 is 0. The normalized spacial score (nSPS) is 25.0. The first-order valence-corrected chi connectivity index (χ1v) is 6.12. The maximum absolute atomic E-state index is 5.64. The van der Waals surface area contributed by atoms with E-state index in [1.165, 1.54) is 18.4 Å². The number of hydrogen-bond acceptors (Lipinski definition) is 2. The summed E-state index contributed by atoms with van der Waals surface area (Å²) in [4.78, 5) is 0. The summed E-state index contributed by atoms with van der Waals surface area (Å²) in [6.07, 6.45) is 2.73. The predicted molar refractivity (Wildman–Crippen MR) is 66.8 cm³/mol. The molecular formula is C14H21NO. The smallest absolute Gasteiger partial charge is 0.119 e. The standard InChI is InChI=1S/C14H21NO/c1-11(2)16-13-7-5-12(6-8-13)14(3)9-4-10-15-14/h5-8,11,15H,4,9-10H2,1-3H3. The largest absolute Gasteiger partial charge is 0.491 e. The van der Waals surface area contributed by atoms with Gasteiger partial charge in [-0.15, -0.1) is 0 Å². The van der Waals surface area contributed by atoms with E-state index in [0.717, 1.165) is 12.3 Å². The van der Waals surface area contributed by atoms with Gasteiger partial charge >= 0.3 is 0 Å². The van der Waals surface area contributed by atoms with Crippen molar-refractivity contribution in [3.63, 3.8) is 0 Å². The lowest BCUT2D eigenvalue weighted by Gasteiger charge is -2.25. The summed E-state index contributed by atoms with van der Waals surface area (Å²) in [6, 6.07) is 8.49. The molecule has 16 heavy (non-hydrogen) atoms. The molecule has 1 atom stereocenters. The molecule has 1 saturated heterocycles. The van der Waals surface area contributed by atoms with Crippen LogP contribution in [0.2, 0.25) is 0 Å². The van der Waals surface area contributed by atoms with Crippen LogP contribution in [0.5, 0.6) is 5.75 Å². The van der Waals surface area contributed by atoms with Crippen LogP contribution in [0, 0.1) is 0 Å². The molecule has 2 nitrogen and oxygen atoms in total. The lowest BCUT2D eigenvalue weighted by molar-refractivity contribution is 0.242. The van der Waals surface area contributed by atoms with Crippen LogP contribution >= 0.6 is 0 Å². The highest BCUT2D eigenvalue weighted by Gasteiger charge is 2.29. The minimum absolute atomic E-state index is 0.163. The SMILES string of the molecule is CC(C)Oc1ccc(C2(C)CCCN2)cc1. The van der Waals surface area contributed by atoms with Gasteiger partial charge in [0.1, 0.15) is 5.75 Å². The second-order valence-corrected chi connectivity index (χ2v) is 5.05. The molecule has 1 unspecified atom stereocenters. The van der Waals surface area contributed by atoms with Crippen molar-refractivity contribution in [2.45, 2.75) is 45.3 Å². The molecule has 2 rings (SSSR count). The zero-order valence-corrected chi connectivity index (χ0v) is 10.4. The van der Waals surface area contributed by atoms with E-state index in [4.69, 9.17) is 4.74 Å². The number of ether oxygens (including phenoxy) is 1. The molecule has 1 fully saturated rings. The van der Waals surface area contributed by atoms with E-state index in [1.54, 1.807) is 0 Å². The first-order chi connectivity index (χ1) is 7.60. The Morgan fingerprint density at radius 2 is 1.94 bits per heavy atom. The van der Waals surface area contributed by atoms with Crippen molar-refractivity contribution >= 4 is 0 Å². The van der Waals surface area contributed by atoms with Crippen molar-refractivity contribution in [3.8, 4) is 5.75 Å². The first-order valence-electron chi connectivity index (χ1n) is 6.12. The van der Waals surface area contributed by atoms with Gasteiger partial charge in [0.2, 0.25) is 0 Å². The molecule has 1 aromatic rings. The predicted octanol–water partition coefficient (Wildman–Crippen LogP) is 3.07. The maximum Gasteiger partial charge on any atom is 0.119 e. The molecule has 0 aliphatic carbocycles. The van der Waals surface area contributed by atoms with Gasteiger partial charge in [0, 0.05) is 5.54 Å². The van der Waals surface area contributed by atoms with E-state index in [9.17, 15) is 0 Å². The topological polar surface area (TPSA) is 21.3 Å². The van der Waals surface area contributed by atoms with Crippen LogP contribution in [0.25, 0.3) is 0 Å². The lowest BCUT2D eigenvalue weighted by atomic mass is 9.91. The molecule has 0 amide bonds. The van der Waals surface area contributed by atoms with Crippen LogP contribution in [-0.2, 0) is 5.54 Å². The van der Waals surface area contributed by atoms with Gasteiger partial charge in [-0.1, -0.05) is 12.1 Å². The Morgan fingerprint density at radius 3 is 2.44 bits per heavy atom. The van der Waals surface area contributed by atoms with Crippen molar-refractivity contribution in [2.75, 3.05) is 6.54 Å². The van der Waals surface area contributed by atoms with Gasteiger partial charge in [-0.05, 0) is 57.9 Å². The minimum atomic E-state index is 0.163. The average Bonchev–Trinajstić information content (AvgIpc) is 2.66. The number of benzene rings is 1. The average molecular weight is 219 g/mol. The Labute approximate surface area is 98.0 Å². The summed E-state index contributed by atoms with van der Waals surface area (Å²) in [6.45, 7) is 7.50. The summed E-state index contributed by atoms with van der Waals surface area (Å²) in [7, 11) is 0. The third-order valence-electron chi connectivity index (χ3n) is 3.23. The van der Waals surface area contributed by atoms with Gasteiger partial charge in [0.05, 0.1) is 6.10 Å². The molecule has 0 radical (unpaired) electrons. The fraction of sp³-hybridized carbons (Fsp3) is 0.571. The number of rotatable bonds is 3. The molecule has 1 aliphatic heterocycles. The monoisotopic (exact) mass is 219 g/mol. The van der Waals surface area contributed by atoms with E-state index in [1.807, 2.05) is 13.8 Å². The Hall–Kier alpha value is -1.02. The Kier molecular flexibility index (Phi) is 3.20. The van der Waals surface area contributed by atoms with E-state index in [0.29, 0.717) is 0 Å². The fourth-order valence-corrected chi connectivity index (χ4v) is 2.31. The lowest BCUT2D eigenvalue weighted by Crippen LogP contribution is -2.32. The second-order valence-electron chi connectivity index (χ2n) is 5.05. The van der Waals surface area contributed by atoms with Gasteiger partial charge in [0.25, 0.3) is 0 Å². The van der Waals surface area contributed by atoms with Crippen LogP contribution in [0.4, 0.5) is 0 Å². The zero-order valence-electron chi connectivity index (χ0n) is 10.4. The summed E-state index contributed by atoms with van der Waals surface area (Å²) in [5.41, 5.74) is 1.53. The fourth-order valence-electron chi connectivity index (χ4n) is 2.31. The first kappa shape index (κ1) is 11.5. The third-order valence-corrected chi connectivity index (χ3v) is 3.23. The van der Waals surface area contributed by atoms with Crippen molar-refractivity contribution < 1.29 is 4.74 Å². The van der Waals surface area contributed by atoms with Gasteiger partial charge in [-0.2, -0.15) is 0 Å². The number of nitrogens with one attached hydrogen (secondary N) is 1. The molecule has 1 aliphatic rings. The van der Waals surface area contributed by atoms with E-state index < -0.39 is 0 Å². The molecule has 0 spiro atoms.